The molecule has 0 aromatic carbocycles. The lowest BCUT2D eigenvalue weighted by Gasteiger charge is -2.34. The summed E-state index contributed by atoms with van der Waals surface area (Å²) in [4.78, 5) is -9.28. The van der Waals surface area contributed by atoms with Gasteiger partial charge in [-0.3, -0.25) is 0 Å². The van der Waals surface area contributed by atoms with Crippen molar-refractivity contribution in [2.75, 3.05) is 0 Å². The molecule has 0 amide bonds. The molecular weight excluding hydrogens is 408 g/mol. The first-order chi connectivity index (χ1) is 7.77. The van der Waals surface area contributed by atoms with Crippen molar-refractivity contribution in [3.63, 3.8) is 0 Å². The third-order valence-electron chi connectivity index (χ3n) is 2.20. The lowest BCUT2D eigenvalue weighted by Crippen LogP contribution is -2.48. The van der Waals surface area contributed by atoms with Crippen molar-refractivity contribution in [3.05, 3.63) is 23.8 Å². The Morgan fingerprint density at radius 3 is 1.17 bits per heavy atom. The molecular formula is C8H2Br2F8. The van der Waals surface area contributed by atoms with E-state index in [1.807, 2.05) is 0 Å². The van der Waals surface area contributed by atoms with Gasteiger partial charge in [-0.15, -0.1) is 0 Å². The molecule has 18 heavy (non-hydrogen) atoms. The lowest BCUT2D eigenvalue weighted by atomic mass is 9.89. The second kappa shape index (κ2) is 4.19. The van der Waals surface area contributed by atoms with Crippen molar-refractivity contribution in [1.29, 1.82) is 0 Å². The van der Waals surface area contributed by atoms with E-state index in [4.69, 9.17) is 0 Å². The molecule has 0 N–H and O–H groups in total. The molecule has 0 spiro atoms. The standard InChI is InChI=1S/C8H2Br2F8/c9-7(15,16)5(13)1-2-6(14,8(10,17)18)4(12)3(5)11/h1-2H. The van der Waals surface area contributed by atoms with E-state index in [0.717, 1.165) is 0 Å². The first-order valence-corrected chi connectivity index (χ1v) is 5.64. The minimum Gasteiger partial charge on any atom is -0.224 e. The highest BCUT2D eigenvalue weighted by Gasteiger charge is 2.66. The van der Waals surface area contributed by atoms with Crippen molar-refractivity contribution in [1.82, 2.24) is 0 Å². The number of halogens is 10. The molecule has 0 aliphatic heterocycles. The first-order valence-electron chi connectivity index (χ1n) is 4.05. The number of allylic oxidation sites excluding steroid dienone is 4. The molecule has 104 valence electrons. The predicted octanol–water partition coefficient (Wildman–Crippen LogP) is 5.10. The Balaban J connectivity index is 3.43. The second-order valence-corrected chi connectivity index (χ2v) is 5.37. The van der Waals surface area contributed by atoms with Gasteiger partial charge >= 0.3 is 9.66 Å². The third-order valence-corrected chi connectivity index (χ3v) is 3.35. The zero-order valence-electron chi connectivity index (χ0n) is 7.93. The van der Waals surface area contributed by atoms with E-state index >= 15 is 0 Å². The Hall–Kier alpha value is -0.120. The Bertz CT molecular complexity index is 382. The fourth-order valence-electron chi connectivity index (χ4n) is 1.13. The van der Waals surface area contributed by atoms with Gasteiger partial charge in [-0.25, -0.2) is 17.6 Å². The molecule has 2 unspecified atom stereocenters. The van der Waals surface area contributed by atoms with Gasteiger partial charge in [0.25, 0.3) is 11.3 Å². The van der Waals surface area contributed by atoms with Gasteiger partial charge in [-0.1, -0.05) is 0 Å². The topological polar surface area (TPSA) is 0 Å². The zero-order valence-corrected chi connectivity index (χ0v) is 11.1. The van der Waals surface area contributed by atoms with E-state index in [0.29, 0.717) is 0 Å². The Morgan fingerprint density at radius 2 is 1.00 bits per heavy atom. The SMILES string of the molecule is FC1=C(F)C(F)(C(F)(F)Br)C=CC1(F)C(F)(F)Br. The van der Waals surface area contributed by atoms with Gasteiger partial charge in [-0.05, 0) is 44.0 Å². The molecule has 0 saturated heterocycles. The fourth-order valence-corrected chi connectivity index (χ4v) is 1.75. The molecule has 0 heterocycles. The van der Waals surface area contributed by atoms with Gasteiger partial charge in [-0.2, -0.15) is 17.6 Å². The average molecular weight is 410 g/mol. The van der Waals surface area contributed by atoms with Gasteiger partial charge in [0, 0.05) is 0 Å². The van der Waals surface area contributed by atoms with Crippen LogP contribution in [0.25, 0.3) is 0 Å². The van der Waals surface area contributed by atoms with E-state index in [9.17, 15) is 35.1 Å². The molecule has 0 saturated carbocycles. The minimum absolute atomic E-state index is 0.505. The Morgan fingerprint density at radius 1 is 0.778 bits per heavy atom. The molecule has 0 fully saturated rings. The van der Waals surface area contributed by atoms with Crippen LogP contribution < -0.4 is 0 Å². The quantitative estimate of drug-likeness (QED) is 0.338. The van der Waals surface area contributed by atoms with Crippen LogP contribution in [-0.2, 0) is 0 Å². The van der Waals surface area contributed by atoms with Gasteiger partial charge in [0.1, 0.15) is 0 Å². The molecule has 1 rings (SSSR count). The fraction of sp³-hybridized carbons (Fsp3) is 0.500. The van der Waals surface area contributed by atoms with Gasteiger partial charge in [0.05, 0.1) is 0 Å². The predicted molar refractivity (Wildman–Crippen MR) is 53.8 cm³/mol. The normalized spacial score (nSPS) is 34.1. The third kappa shape index (κ3) is 2.10. The van der Waals surface area contributed by atoms with Crippen LogP contribution in [0.15, 0.2) is 23.8 Å². The molecule has 0 radical (unpaired) electrons. The molecule has 0 bridgehead atoms. The summed E-state index contributed by atoms with van der Waals surface area (Å²) < 4.78 is 104. The van der Waals surface area contributed by atoms with Crippen LogP contribution in [0.4, 0.5) is 35.1 Å². The van der Waals surface area contributed by atoms with E-state index in [2.05, 4.69) is 0 Å². The minimum atomic E-state index is -4.64. The van der Waals surface area contributed by atoms with E-state index in [1.54, 1.807) is 0 Å². The van der Waals surface area contributed by atoms with Crippen molar-refractivity contribution in [3.8, 4) is 0 Å². The summed E-state index contributed by atoms with van der Waals surface area (Å²) in [6.07, 6.45) is -1.01. The first kappa shape index (κ1) is 15.9. The summed E-state index contributed by atoms with van der Waals surface area (Å²) in [7, 11) is 0. The van der Waals surface area contributed by atoms with Crippen molar-refractivity contribution < 1.29 is 35.1 Å². The summed E-state index contributed by atoms with van der Waals surface area (Å²) in [5.41, 5.74) is -8.77. The lowest BCUT2D eigenvalue weighted by molar-refractivity contribution is -0.0481. The van der Waals surface area contributed by atoms with Crippen molar-refractivity contribution >= 4 is 31.9 Å². The van der Waals surface area contributed by atoms with Crippen molar-refractivity contribution in [2.24, 2.45) is 0 Å². The summed E-state index contributed by atoms with van der Waals surface area (Å²) >= 11 is 2.86. The van der Waals surface area contributed by atoms with Crippen LogP contribution in [-0.4, -0.2) is 21.0 Å². The molecule has 2 atom stereocenters. The van der Waals surface area contributed by atoms with Crippen LogP contribution in [0, 0.1) is 0 Å². The molecule has 1 aliphatic rings. The van der Waals surface area contributed by atoms with Crippen LogP contribution in [0.5, 0.6) is 0 Å². The van der Waals surface area contributed by atoms with Crippen LogP contribution in [0.3, 0.4) is 0 Å². The van der Waals surface area contributed by atoms with Crippen LogP contribution in [0.1, 0.15) is 0 Å². The Kier molecular flexibility index (Phi) is 3.71. The maximum atomic E-state index is 13.5. The highest BCUT2D eigenvalue weighted by atomic mass is 79.9. The molecule has 10 heteroatoms. The summed E-state index contributed by atoms with van der Waals surface area (Å²) in [6, 6.07) is 0. The summed E-state index contributed by atoms with van der Waals surface area (Å²) in [5.74, 6) is -5.93. The largest absolute Gasteiger partial charge is 0.344 e. The molecule has 1 aliphatic carbocycles. The van der Waals surface area contributed by atoms with Gasteiger partial charge < -0.3 is 0 Å². The highest BCUT2D eigenvalue weighted by molar-refractivity contribution is 9.10. The summed E-state index contributed by atoms with van der Waals surface area (Å²) in [6.45, 7) is 0. The zero-order chi connectivity index (χ0) is 14.6. The average Bonchev–Trinajstić information content (AvgIpc) is 2.17. The second-order valence-electron chi connectivity index (χ2n) is 3.38. The molecule has 0 aromatic rings. The number of rotatable bonds is 2. The highest BCUT2D eigenvalue weighted by Crippen LogP contribution is 2.55. The monoisotopic (exact) mass is 408 g/mol. The van der Waals surface area contributed by atoms with Crippen molar-refractivity contribution in [2.45, 2.75) is 21.0 Å². The number of hydrogen-bond donors (Lipinski definition) is 0. The van der Waals surface area contributed by atoms with Gasteiger partial charge in [0.2, 0.25) is 0 Å². The maximum absolute atomic E-state index is 13.5. The van der Waals surface area contributed by atoms with Crippen LogP contribution >= 0.6 is 31.9 Å². The van der Waals surface area contributed by atoms with E-state index in [1.165, 1.54) is 31.9 Å². The summed E-state index contributed by atoms with van der Waals surface area (Å²) in [5, 5.41) is 0. The van der Waals surface area contributed by atoms with Crippen LogP contribution in [0.2, 0.25) is 0 Å². The van der Waals surface area contributed by atoms with Gasteiger partial charge in [0.15, 0.2) is 11.7 Å². The maximum Gasteiger partial charge on any atom is 0.344 e. The Labute approximate surface area is 112 Å². The number of hydrogen-bond acceptors (Lipinski definition) is 0. The number of alkyl halides is 8. The van der Waals surface area contributed by atoms with E-state index < -0.39 is 44.8 Å². The molecule has 0 aromatic heterocycles. The van der Waals surface area contributed by atoms with E-state index in [-0.39, 0.29) is 0 Å². The molecule has 0 nitrogen and oxygen atoms in total. The smallest absolute Gasteiger partial charge is 0.224 e.